The van der Waals surface area contributed by atoms with Crippen LogP contribution in [0.1, 0.15) is 24.5 Å². The van der Waals surface area contributed by atoms with E-state index in [-0.39, 0.29) is 0 Å². The summed E-state index contributed by atoms with van der Waals surface area (Å²) in [5, 5.41) is 4.21. The standard InChI is InChI=1S/C13H20N2S/c1-8-6-9(2)13-12(7-8)16-11(4-5-14)10(3)15-13/h6-7,10-11,15H,4-5,14H2,1-3H3. The van der Waals surface area contributed by atoms with E-state index in [1.54, 1.807) is 0 Å². The molecule has 0 saturated heterocycles. The predicted octanol–water partition coefficient (Wildman–Crippen LogP) is 2.93. The number of rotatable bonds is 2. The molecule has 2 unspecified atom stereocenters. The molecule has 0 amide bonds. The summed E-state index contributed by atoms with van der Waals surface area (Å²) in [6, 6.07) is 5.01. The average Bonchev–Trinajstić information content (AvgIpc) is 2.21. The number of hydrogen-bond acceptors (Lipinski definition) is 3. The summed E-state index contributed by atoms with van der Waals surface area (Å²) in [6.45, 7) is 7.35. The van der Waals surface area contributed by atoms with Gasteiger partial charge in [-0.05, 0) is 50.9 Å². The topological polar surface area (TPSA) is 38.0 Å². The third-order valence-corrected chi connectivity index (χ3v) is 4.63. The lowest BCUT2D eigenvalue weighted by Gasteiger charge is -2.33. The van der Waals surface area contributed by atoms with Gasteiger partial charge < -0.3 is 11.1 Å². The van der Waals surface area contributed by atoms with Gasteiger partial charge in [0.1, 0.15) is 0 Å². The first-order valence-corrected chi connectivity index (χ1v) is 6.74. The van der Waals surface area contributed by atoms with Crippen LogP contribution in [0, 0.1) is 13.8 Å². The molecule has 0 aliphatic carbocycles. The maximum atomic E-state index is 5.66. The van der Waals surface area contributed by atoms with Crippen LogP contribution in [0.5, 0.6) is 0 Å². The van der Waals surface area contributed by atoms with Crippen LogP contribution in [0.25, 0.3) is 0 Å². The van der Waals surface area contributed by atoms with E-state index in [0.717, 1.165) is 13.0 Å². The zero-order valence-electron chi connectivity index (χ0n) is 10.2. The van der Waals surface area contributed by atoms with Crippen LogP contribution in [0.3, 0.4) is 0 Å². The Kier molecular flexibility index (Phi) is 3.45. The van der Waals surface area contributed by atoms with Crippen molar-refractivity contribution >= 4 is 17.4 Å². The molecule has 0 spiro atoms. The van der Waals surface area contributed by atoms with Gasteiger partial charge in [0.05, 0.1) is 5.69 Å². The molecule has 3 heteroatoms. The van der Waals surface area contributed by atoms with Crippen molar-refractivity contribution in [1.82, 2.24) is 0 Å². The number of nitrogens with one attached hydrogen (secondary N) is 1. The van der Waals surface area contributed by atoms with Gasteiger partial charge in [0, 0.05) is 16.2 Å². The maximum absolute atomic E-state index is 5.66. The lowest BCUT2D eigenvalue weighted by atomic mass is 10.1. The minimum absolute atomic E-state index is 0.502. The van der Waals surface area contributed by atoms with Gasteiger partial charge in [-0.25, -0.2) is 0 Å². The van der Waals surface area contributed by atoms with Gasteiger partial charge in [-0.15, -0.1) is 11.8 Å². The van der Waals surface area contributed by atoms with Gasteiger partial charge in [-0.3, -0.25) is 0 Å². The molecule has 0 saturated carbocycles. The molecule has 0 radical (unpaired) electrons. The SMILES string of the molecule is Cc1cc(C)c2c(c1)SC(CCN)C(C)N2. The Bertz CT molecular complexity index is 390. The summed E-state index contributed by atoms with van der Waals surface area (Å²) in [4.78, 5) is 1.38. The van der Waals surface area contributed by atoms with Crippen LogP contribution >= 0.6 is 11.8 Å². The van der Waals surface area contributed by atoms with Crippen LogP contribution in [-0.4, -0.2) is 17.8 Å². The fourth-order valence-corrected chi connectivity index (χ4v) is 3.71. The summed E-state index contributed by atoms with van der Waals surface area (Å²) in [6.07, 6.45) is 1.07. The van der Waals surface area contributed by atoms with Crippen LogP contribution in [0.4, 0.5) is 5.69 Å². The summed E-state index contributed by atoms with van der Waals surface area (Å²) >= 11 is 1.98. The van der Waals surface area contributed by atoms with Crippen molar-refractivity contribution in [3.63, 3.8) is 0 Å². The lowest BCUT2D eigenvalue weighted by Crippen LogP contribution is -2.33. The van der Waals surface area contributed by atoms with Gasteiger partial charge in [0.2, 0.25) is 0 Å². The van der Waals surface area contributed by atoms with E-state index in [0.29, 0.717) is 11.3 Å². The first-order valence-electron chi connectivity index (χ1n) is 5.86. The van der Waals surface area contributed by atoms with E-state index >= 15 is 0 Å². The largest absolute Gasteiger partial charge is 0.380 e. The molecule has 0 aromatic heterocycles. The maximum Gasteiger partial charge on any atom is 0.0510 e. The van der Waals surface area contributed by atoms with Gasteiger partial charge >= 0.3 is 0 Å². The van der Waals surface area contributed by atoms with Crippen LogP contribution in [0.15, 0.2) is 17.0 Å². The smallest absolute Gasteiger partial charge is 0.0510 e. The first kappa shape index (κ1) is 11.8. The summed E-state index contributed by atoms with van der Waals surface area (Å²) < 4.78 is 0. The Morgan fingerprint density at radius 1 is 1.38 bits per heavy atom. The Balaban J connectivity index is 2.31. The van der Waals surface area contributed by atoms with Gasteiger partial charge in [0.25, 0.3) is 0 Å². The minimum Gasteiger partial charge on any atom is -0.380 e. The molecular weight excluding hydrogens is 216 g/mol. The second-order valence-corrected chi connectivity index (χ2v) is 5.90. The van der Waals surface area contributed by atoms with Gasteiger partial charge in [-0.1, -0.05) is 6.07 Å². The second kappa shape index (κ2) is 4.68. The quantitative estimate of drug-likeness (QED) is 0.829. The molecule has 2 nitrogen and oxygen atoms in total. The number of thioether (sulfide) groups is 1. The number of aryl methyl sites for hydroxylation is 2. The molecule has 0 fully saturated rings. The molecule has 16 heavy (non-hydrogen) atoms. The van der Waals surface area contributed by atoms with E-state index in [2.05, 4.69) is 38.2 Å². The van der Waals surface area contributed by atoms with Crippen LogP contribution in [-0.2, 0) is 0 Å². The summed E-state index contributed by atoms with van der Waals surface area (Å²) in [5.74, 6) is 0. The van der Waals surface area contributed by atoms with E-state index in [4.69, 9.17) is 5.73 Å². The van der Waals surface area contributed by atoms with Crippen LogP contribution < -0.4 is 11.1 Å². The molecule has 1 aliphatic heterocycles. The Morgan fingerprint density at radius 3 is 2.81 bits per heavy atom. The summed E-state index contributed by atoms with van der Waals surface area (Å²) in [5.41, 5.74) is 9.66. The fourth-order valence-electron chi connectivity index (χ4n) is 2.27. The number of benzene rings is 1. The molecule has 1 aliphatic rings. The average molecular weight is 236 g/mol. The Hall–Kier alpha value is -0.670. The van der Waals surface area contributed by atoms with Gasteiger partial charge in [0.15, 0.2) is 0 Å². The highest BCUT2D eigenvalue weighted by atomic mass is 32.2. The molecule has 3 N–H and O–H groups in total. The first-order chi connectivity index (χ1) is 7.61. The molecule has 1 aromatic rings. The monoisotopic (exact) mass is 236 g/mol. The van der Waals surface area contributed by atoms with Crippen molar-refractivity contribution in [2.45, 2.75) is 43.4 Å². The van der Waals surface area contributed by atoms with Crippen molar-refractivity contribution in [3.8, 4) is 0 Å². The molecule has 0 bridgehead atoms. The third kappa shape index (κ3) is 2.20. The highest BCUT2D eigenvalue weighted by Crippen LogP contribution is 2.41. The Labute approximate surface area is 102 Å². The predicted molar refractivity (Wildman–Crippen MR) is 72.3 cm³/mol. The van der Waals surface area contributed by atoms with E-state index in [9.17, 15) is 0 Å². The number of hydrogen-bond donors (Lipinski definition) is 2. The lowest BCUT2D eigenvalue weighted by molar-refractivity contribution is 0.671. The van der Waals surface area contributed by atoms with E-state index < -0.39 is 0 Å². The molecule has 2 atom stereocenters. The zero-order valence-corrected chi connectivity index (χ0v) is 11.0. The third-order valence-electron chi connectivity index (χ3n) is 3.10. The second-order valence-electron chi connectivity index (χ2n) is 4.62. The molecule has 1 aromatic carbocycles. The fraction of sp³-hybridized carbons (Fsp3) is 0.538. The van der Waals surface area contributed by atoms with Crippen molar-refractivity contribution in [2.75, 3.05) is 11.9 Å². The highest BCUT2D eigenvalue weighted by molar-refractivity contribution is 8.00. The van der Waals surface area contributed by atoms with Gasteiger partial charge in [-0.2, -0.15) is 0 Å². The van der Waals surface area contributed by atoms with Crippen molar-refractivity contribution in [2.24, 2.45) is 5.73 Å². The Morgan fingerprint density at radius 2 is 2.12 bits per heavy atom. The summed E-state index contributed by atoms with van der Waals surface area (Å²) in [7, 11) is 0. The number of fused-ring (bicyclic) bond motifs is 1. The normalized spacial score (nSPS) is 23.8. The van der Waals surface area contributed by atoms with Crippen molar-refractivity contribution < 1.29 is 0 Å². The molecule has 88 valence electrons. The minimum atomic E-state index is 0.502. The van der Waals surface area contributed by atoms with Crippen molar-refractivity contribution in [1.29, 1.82) is 0 Å². The number of nitrogens with two attached hydrogens (primary N) is 1. The van der Waals surface area contributed by atoms with Crippen molar-refractivity contribution in [3.05, 3.63) is 23.3 Å². The van der Waals surface area contributed by atoms with Crippen LogP contribution in [0.2, 0.25) is 0 Å². The van der Waals surface area contributed by atoms with E-state index in [1.165, 1.54) is 21.7 Å². The highest BCUT2D eigenvalue weighted by Gasteiger charge is 2.25. The zero-order chi connectivity index (χ0) is 11.7. The molecule has 2 rings (SSSR count). The molecular formula is C13H20N2S. The number of anilines is 1. The molecule has 1 heterocycles. The van der Waals surface area contributed by atoms with E-state index in [1.807, 2.05) is 11.8 Å².